The largest absolute Gasteiger partial charge is 0.494 e. The van der Waals surface area contributed by atoms with Gasteiger partial charge in [0.05, 0.1) is 12.7 Å². The Morgan fingerprint density at radius 2 is 2.14 bits per heavy atom. The van der Waals surface area contributed by atoms with E-state index in [9.17, 15) is 0 Å². The number of ether oxygens (including phenoxy) is 2. The molecule has 1 atom stereocenters. The predicted octanol–water partition coefficient (Wildman–Crippen LogP) is 2.42. The number of benzene rings is 1. The molecule has 0 amide bonds. The van der Waals surface area contributed by atoms with E-state index < -0.39 is 0 Å². The molecule has 0 bridgehead atoms. The van der Waals surface area contributed by atoms with Crippen molar-refractivity contribution in [1.29, 1.82) is 0 Å². The molecule has 1 aromatic carbocycles. The summed E-state index contributed by atoms with van der Waals surface area (Å²) in [6.45, 7) is 7.68. The number of hydrogen-bond acceptors (Lipinski definition) is 4. The van der Waals surface area contributed by atoms with Gasteiger partial charge in [-0.15, -0.1) is 0 Å². The fourth-order valence-electron chi connectivity index (χ4n) is 2.65. The van der Waals surface area contributed by atoms with Crippen molar-refractivity contribution >= 4 is 0 Å². The molecule has 118 valence electrons. The molecule has 1 fully saturated rings. The molecule has 1 unspecified atom stereocenters. The average Bonchev–Trinajstić information content (AvgIpc) is 3.04. The first kappa shape index (κ1) is 16.3. The minimum atomic E-state index is 0.440. The predicted molar refractivity (Wildman–Crippen MR) is 85.5 cm³/mol. The zero-order chi connectivity index (χ0) is 14.9. The van der Waals surface area contributed by atoms with Crippen LogP contribution in [0.4, 0.5) is 0 Å². The first-order chi connectivity index (χ1) is 10.3. The van der Waals surface area contributed by atoms with Crippen LogP contribution >= 0.6 is 0 Å². The van der Waals surface area contributed by atoms with Crippen LogP contribution in [-0.4, -0.2) is 43.9 Å². The van der Waals surface area contributed by atoms with E-state index in [1.807, 2.05) is 24.3 Å². The molecule has 1 heterocycles. The van der Waals surface area contributed by atoms with E-state index in [0.717, 1.165) is 50.6 Å². The second-order valence-electron chi connectivity index (χ2n) is 5.58. The quantitative estimate of drug-likeness (QED) is 0.710. The van der Waals surface area contributed by atoms with Gasteiger partial charge in [-0.05, 0) is 43.5 Å². The summed E-state index contributed by atoms with van der Waals surface area (Å²) >= 11 is 0. The van der Waals surface area contributed by atoms with Crippen LogP contribution in [0.2, 0.25) is 0 Å². The third-order valence-corrected chi connectivity index (χ3v) is 3.98. The van der Waals surface area contributed by atoms with Crippen molar-refractivity contribution in [2.24, 2.45) is 5.73 Å². The molecule has 21 heavy (non-hydrogen) atoms. The molecule has 1 saturated heterocycles. The molecule has 0 saturated carbocycles. The summed E-state index contributed by atoms with van der Waals surface area (Å²) in [6, 6.07) is 8.02. The molecular weight excluding hydrogens is 264 g/mol. The summed E-state index contributed by atoms with van der Waals surface area (Å²) in [7, 11) is 0. The Morgan fingerprint density at radius 3 is 2.76 bits per heavy atom. The van der Waals surface area contributed by atoms with Crippen LogP contribution in [0, 0.1) is 0 Å². The minimum absolute atomic E-state index is 0.440. The summed E-state index contributed by atoms with van der Waals surface area (Å²) in [5, 5.41) is 0. The zero-order valence-corrected chi connectivity index (χ0v) is 13.1. The number of likely N-dealkylation sites (N-methyl/N-ethyl adjacent to an activating group) is 1. The second kappa shape index (κ2) is 9.03. The Labute approximate surface area is 128 Å². The Kier molecular flexibility index (Phi) is 7.00. The summed E-state index contributed by atoms with van der Waals surface area (Å²) in [4.78, 5) is 2.46. The highest BCUT2D eigenvalue weighted by Crippen LogP contribution is 2.14. The first-order valence-electron chi connectivity index (χ1n) is 8.07. The molecule has 1 aliphatic heterocycles. The molecule has 0 spiro atoms. The Balaban J connectivity index is 1.62. The van der Waals surface area contributed by atoms with Gasteiger partial charge < -0.3 is 20.1 Å². The molecule has 0 aliphatic carbocycles. The van der Waals surface area contributed by atoms with Crippen molar-refractivity contribution in [2.45, 2.75) is 38.8 Å². The molecule has 0 radical (unpaired) electrons. The van der Waals surface area contributed by atoms with Gasteiger partial charge in [0.2, 0.25) is 0 Å². The monoisotopic (exact) mass is 292 g/mol. The van der Waals surface area contributed by atoms with Gasteiger partial charge in [0.25, 0.3) is 0 Å². The lowest BCUT2D eigenvalue weighted by molar-refractivity contribution is 0.0730. The standard InChI is InChI=1S/C17H28N2O2/c1-2-19(14-17-5-3-11-21-17)10-4-12-20-16-8-6-15(13-18)7-9-16/h6-9,17H,2-5,10-14,18H2,1H3. The van der Waals surface area contributed by atoms with Crippen LogP contribution < -0.4 is 10.5 Å². The maximum Gasteiger partial charge on any atom is 0.119 e. The highest BCUT2D eigenvalue weighted by Gasteiger charge is 2.18. The van der Waals surface area contributed by atoms with E-state index in [-0.39, 0.29) is 0 Å². The van der Waals surface area contributed by atoms with Gasteiger partial charge in [-0.3, -0.25) is 0 Å². The van der Waals surface area contributed by atoms with Crippen molar-refractivity contribution in [3.05, 3.63) is 29.8 Å². The van der Waals surface area contributed by atoms with Gasteiger partial charge >= 0.3 is 0 Å². The van der Waals surface area contributed by atoms with Gasteiger partial charge in [0, 0.05) is 26.2 Å². The van der Waals surface area contributed by atoms with Gasteiger partial charge in [0.15, 0.2) is 0 Å². The smallest absolute Gasteiger partial charge is 0.119 e. The maximum atomic E-state index is 5.77. The fourth-order valence-corrected chi connectivity index (χ4v) is 2.65. The van der Waals surface area contributed by atoms with Gasteiger partial charge in [-0.25, -0.2) is 0 Å². The highest BCUT2D eigenvalue weighted by molar-refractivity contribution is 5.26. The van der Waals surface area contributed by atoms with Crippen LogP contribution in [-0.2, 0) is 11.3 Å². The van der Waals surface area contributed by atoms with E-state index >= 15 is 0 Å². The molecular formula is C17H28N2O2. The lowest BCUT2D eigenvalue weighted by Crippen LogP contribution is -2.33. The van der Waals surface area contributed by atoms with Gasteiger partial charge in [-0.1, -0.05) is 19.1 Å². The highest BCUT2D eigenvalue weighted by atomic mass is 16.5. The lowest BCUT2D eigenvalue weighted by atomic mass is 10.2. The van der Waals surface area contributed by atoms with Gasteiger partial charge in [0.1, 0.15) is 5.75 Å². The third kappa shape index (κ3) is 5.65. The van der Waals surface area contributed by atoms with Crippen LogP contribution in [0.3, 0.4) is 0 Å². The summed E-state index contributed by atoms with van der Waals surface area (Å²) in [5.41, 5.74) is 6.72. The Morgan fingerprint density at radius 1 is 1.33 bits per heavy atom. The summed E-state index contributed by atoms with van der Waals surface area (Å²) in [5.74, 6) is 0.925. The van der Waals surface area contributed by atoms with Crippen molar-refractivity contribution in [1.82, 2.24) is 4.90 Å². The number of rotatable bonds is 9. The van der Waals surface area contributed by atoms with E-state index in [1.165, 1.54) is 12.8 Å². The van der Waals surface area contributed by atoms with E-state index in [2.05, 4.69) is 11.8 Å². The van der Waals surface area contributed by atoms with Crippen molar-refractivity contribution in [2.75, 3.05) is 32.8 Å². The molecule has 2 rings (SSSR count). The normalized spacial score (nSPS) is 18.3. The number of hydrogen-bond donors (Lipinski definition) is 1. The minimum Gasteiger partial charge on any atom is -0.494 e. The third-order valence-electron chi connectivity index (χ3n) is 3.98. The zero-order valence-electron chi connectivity index (χ0n) is 13.1. The van der Waals surface area contributed by atoms with E-state index in [1.54, 1.807) is 0 Å². The maximum absolute atomic E-state index is 5.77. The average molecular weight is 292 g/mol. The molecule has 4 heteroatoms. The molecule has 0 aromatic heterocycles. The first-order valence-corrected chi connectivity index (χ1v) is 8.07. The van der Waals surface area contributed by atoms with Crippen LogP contribution in [0.5, 0.6) is 5.75 Å². The summed E-state index contributed by atoms with van der Waals surface area (Å²) < 4.78 is 11.5. The molecule has 2 N–H and O–H groups in total. The Bertz CT molecular complexity index is 388. The lowest BCUT2D eigenvalue weighted by Gasteiger charge is -2.23. The topological polar surface area (TPSA) is 47.7 Å². The Hall–Kier alpha value is -1.10. The number of nitrogens with two attached hydrogens (primary N) is 1. The van der Waals surface area contributed by atoms with Crippen molar-refractivity contribution < 1.29 is 9.47 Å². The molecule has 4 nitrogen and oxygen atoms in total. The van der Waals surface area contributed by atoms with Crippen molar-refractivity contribution in [3.63, 3.8) is 0 Å². The SMILES string of the molecule is CCN(CCCOc1ccc(CN)cc1)CC1CCCO1. The van der Waals surface area contributed by atoms with E-state index in [4.69, 9.17) is 15.2 Å². The van der Waals surface area contributed by atoms with Crippen molar-refractivity contribution in [3.8, 4) is 5.75 Å². The number of nitrogens with zero attached hydrogens (tertiary/aromatic N) is 1. The van der Waals surface area contributed by atoms with Crippen LogP contribution in [0.1, 0.15) is 31.7 Å². The van der Waals surface area contributed by atoms with Crippen LogP contribution in [0.15, 0.2) is 24.3 Å². The fraction of sp³-hybridized carbons (Fsp3) is 0.647. The van der Waals surface area contributed by atoms with Gasteiger partial charge in [-0.2, -0.15) is 0 Å². The molecule has 1 aliphatic rings. The van der Waals surface area contributed by atoms with Crippen LogP contribution in [0.25, 0.3) is 0 Å². The summed E-state index contributed by atoms with van der Waals surface area (Å²) in [6.07, 6.45) is 3.90. The second-order valence-corrected chi connectivity index (χ2v) is 5.58. The van der Waals surface area contributed by atoms with E-state index in [0.29, 0.717) is 12.6 Å². The molecule has 1 aromatic rings.